The van der Waals surface area contributed by atoms with Gasteiger partial charge in [0, 0.05) is 11.3 Å². The van der Waals surface area contributed by atoms with E-state index in [4.69, 9.17) is 4.74 Å². The highest BCUT2D eigenvalue weighted by Gasteiger charge is 2.34. The Balaban J connectivity index is 1.70. The quantitative estimate of drug-likeness (QED) is 0.503. The molecule has 7 nitrogen and oxygen atoms in total. The fourth-order valence-corrected chi connectivity index (χ4v) is 5.58. The van der Waals surface area contributed by atoms with E-state index in [0.717, 1.165) is 12.0 Å². The van der Waals surface area contributed by atoms with Crippen LogP contribution in [0.25, 0.3) is 0 Å². The van der Waals surface area contributed by atoms with Crippen molar-refractivity contribution in [2.75, 3.05) is 4.72 Å². The summed E-state index contributed by atoms with van der Waals surface area (Å²) in [5.74, 6) is 0.459. The Bertz CT molecular complexity index is 1370. The molecule has 0 aromatic heterocycles. The Kier molecular flexibility index (Phi) is 7.08. The minimum atomic E-state index is -3.99. The predicted molar refractivity (Wildman–Crippen MR) is 133 cm³/mol. The smallest absolute Gasteiger partial charge is 0.264 e. The Labute approximate surface area is 206 Å². The number of hydrogen-bond acceptors (Lipinski definition) is 5. The number of nitriles is 1. The molecule has 1 aliphatic heterocycles. The maximum Gasteiger partial charge on any atom is 0.264 e. The molecule has 180 valence electrons. The van der Waals surface area contributed by atoms with Gasteiger partial charge in [-0.3, -0.25) is 9.52 Å². The summed E-state index contributed by atoms with van der Waals surface area (Å²) in [5.41, 5.74) is 2.13. The third kappa shape index (κ3) is 5.00. The van der Waals surface area contributed by atoms with Gasteiger partial charge < -0.3 is 9.64 Å². The summed E-state index contributed by atoms with van der Waals surface area (Å²) < 4.78 is 34.7. The Morgan fingerprint density at radius 2 is 1.80 bits per heavy atom. The molecule has 0 aliphatic carbocycles. The highest BCUT2D eigenvalue weighted by atomic mass is 32.2. The molecular weight excluding hydrogens is 462 g/mol. The number of sulfonamides is 1. The van der Waals surface area contributed by atoms with Crippen LogP contribution >= 0.6 is 0 Å². The van der Waals surface area contributed by atoms with Crippen molar-refractivity contribution in [2.24, 2.45) is 0 Å². The monoisotopic (exact) mass is 489 g/mol. The van der Waals surface area contributed by atoms with Gasteiger partial charge in [0.05, 0.1) is 18.2 Å². The lowest BCUT2D eigenvalue weighted by atomic mass is 10.0. The highest BCUT2D eigenvalue weighted by Crippen LogP contribution is 2.35. The van der Waals surface area contributed by atoms with Crippen molar-refractivity contribution in [3.8, 4) is 11.8 Å². The van der Waals surface area contributed by atoms with Crippen LogP contribution in [0.3, 0.4) is 0 Å². The molecule has 3 aromatic carbocycles. The van der Waals surface area contributed by atoms with Crippen LogP contribution in [0.1, 0.15) is 49.4 Å². The van der Waals surface area contributed by atoms with Crippen LogP contribution in [0.2, 0.25) is 0 Å². The summed E-state index contributed by atoms with van der Waals surface area (Å²) in [4.78, 5) is 15.2. The zero-order valence-electron chi connectivity index (χ0n) is 19.6. The molecule has 1 N–H and O–H groups in total. The van der Waals surface area contributed by atoms with Crippen LogP contribution in [0, 0.1) is 11.3 Å². The van der Waals surface area contributed by atoms with Crippen molar-refractivity contribution in [1.29, 1.82) is 5.26 Å². The second-order valence-electron chi connectivity index (χ2n) is 8.35. The number of hydrogen-bond donors (Lipinski definition) is 1. The normalized spacial score (nSPS) is 16.4. The largest absolute Gasteiger partial charge is 0.480 e. The number of anilines is 1. The van der Waals surface area contributed by atoms with Gasteiger partial charge in [0.1, 0.15) is 16.7 Å². The number of amides is 1. The van der Waals surface area contributed by atoms with Crippen molar-refractivity contribution in [2.45, 2.75) is 50.3 Å². The van der Waals surface area contributed by atoms with E-state index in [1.165, 1.54) is 12.1 Å². The van der Waals surface area contributed by atoms with Gasteiger partial charge in [0.2, 0.25) is 0 Å². The van der Waals surface area contributed by atoms with Gasteiger partial charge >= 0.3 is 0 Å². The fourth-order valence-electron chi connectivity index (χ4n) is 4.37. The molecule has 0 saturated heterocycles. The number of fused-ring (bicyclic) bond motifs is 1. The van der Waals surface area contributed by atoms with Gasteiger partial charge in [0.15, 0.2) is 6.10 Å². The number of rotatable bonds is 7. The topological polar surface area (TPSA) is 99.5 Å². The number of ether oxygens (including phenoxy) is 1. The van der Waals surface area contributed by atoms with Crippen LogP contribution in [-0.2, 0) is 21.4 Å². The van der Waals surface area contributed by atoms with Gasteiger partial charge in [-0.15, -0.1) is 0 Å². The van der Waals surface area contributed by atoms with Crippen molar-refractivity contribution < 1.29 is 17.9 Å². The first-order chi connectivity index (χ1) is 16.9. The van der Waals surface area contributed by atoms with Gasteiger partial charge in [-0.05, 0) is 48.7 Å². The molecule has 0 radical (unpaired) electrons. The van der Waals surface area contributed by atoms with E-state index >= 15 is 0 Å². The molecule has 35 heavy (non-hydrogen) atoms. The van der Waals surface area contributed by atoms with Crippen LogP contribution in [0.15, 0.2) is 77.7 Å². The molecule has 3 aromatic rings. The molecule has 4 rings (SSSR count). The van der Waals surface area contributed by atoms with E-state index in [1.807, 2.05) is 55.1 Å². The lowest BCUT2D eigenvalue weighted by molar-refractivity contribution is -0.141. The average Bonchev–Trinajstić information content (AvgIpc) is 3.01. The van der Waals surface area contributed by atoms with Crippen molar-refractivity contribution in [1.82, 2.24) is 4.90 Å². The lowest BCUT2D eigenvalue weighted by Gasteiger charge is -2.32. The Morgan fingerprint density at radius 3 is 2.49 bits per heavy atom. The van der Waals surface area contributed by atoms with Crippen molar-refractivity contribution in [3.63, 3.8) is 0 Å². The molecule has 1 aliphatic rings. The van der Waals surface area contributed by atoms with Crippen LogP contribution in [0.5, 0.6) is 5.75 Å². The first-order valence-corrected chi connectivity index (χ1v) is 13.0. The lowest BCUT2D eigenvalue weighted by Crippen LogP contribution is -2.41. The highest BCUT2D eigenvalue weighted by molar-refractivity contribution is 7.92. The van der Waals surface area contributed by atoms with E-state index in [0.29, 0.717) is 23.4 Å². The number of benzene rings is 3. The molecule has 1 amide bonds. The number of carbonyl (C=O) groups excluding carboxylic acids is 1. The molecule has 8 heteroatoms. The maximum absolute atomic E-state index is 13.4. The number of nitrogens with zero attached hydrogens (tertiary/aromatic N) is 2. The SMILES string of the molecule is CCC1Oc2ccc(NS(=O)(=O)c3ccccc3C#N)cc2CN(C(CC)c2ccccc2)C1=O. The number of nitrogens with one attached hydrogen (secondary N) is 1. The summed E-state index contributed by atoms with van der Waals surface area (Å²) in [6, 6.07) is 22.7. The van der Waals surface area contributed by atoms with E-state index < -0.39 is 16.1 Å². The van der Waals surface area contributed by atoms with Crippen molar-refractivity contribution in [3.05, 3.63) is 89.5 Å². The van der Waals surface area contributed by atoms with E-state index in [-0.39, 0.29) is 29.0 Å². The summed E-state index contributed by atoms with van der Waals surface area (Å²) in [5, 5.41) is 9.31. The van der Waals surface area contributed by atoms with Crippen LogP contribution in [0.4, 0.5) is 5.69 Å². The van der Waals surface area contributed by atoms with Crippen molar-refractivity contribution >= 4 is 21.6 Å². The second-order valence-corrected chi connectivity index (χ2v) is 10.0. The van der Waals surface area contributed by atoms with E-state index in [1.54, 1.807) is 30.3 Å². The standard InChI is InChI=1S/C27H27N3O4S/c1-3-23(19-10-6-5-7-11-19)30-18-21-16-22(14-15-25(21)34-24(4-2)27(30)31)29-35(32,33)26-13-9-8-12-20(26)17-28/h5-16,23-24,29H,3-4,18H2,1-2H3. The first kappa shape index (κ1) is 24.3. The Morgan fingerprint density at radius 1 is 1.09 bits per heavy atom. The zero-order valence-corrected chi connectivity index (χ0v) is 20.5. The van der Waals surface area contributed by atoms with Gasteiger partial charge in [0.25, 0.3) is 15.9 Å². The summed E-state index contributed by atoms with van der Waals surface area (Å²) in [7, 11) is -3.99. The summed E-state index contributed by atoms with van der Waals surface area (Å²) in [6.07, 6.45) is 0.608. The average molecular weight is 490 g/mol. The molecule has 1 heterocycles. The maximum atomic E-state index is 13.4. The molecular formula is C27H27N3O4S. The van der Waals surface area contributed by atoms with E-state index in [2.05, 4.69) is 4.72 Å². The molecule has 0 saturated carbocycles. The molecule has 2 unspecified atom stereocenters. The molecule has 2 atom stereocenters. The zero-order chi connectivity index (χ0) is 25.0. The van der Waals surface area contributed by atoms with Gasteiger partial charge in [-0.1, -0.05) is 56.3 Å². The van der Waals surface area contributed by atoms with Crippen LogP contribution < -0.4 is 9.46 Å². The van der Waals surface area contributed by atoms with Gasteiger partial charge in [-0.25, -0.2) is 8.42 Å². The minimum Gasteiger partial charge on any atom is -0.480 e. The Hall–Kier alpha value is -3.83. The van der Waals surface area contributed by atoms with Crippen LogP contribution in [-0.4, -0.2) is 25.3 Å². The fraction of sp³-hybridized carbons (Fsp3) is 0.259. The molecule has 0 bridgehead atoms. The minimum absolute atomic E-state index is 0.0642. The third-order valence-electron chi connectivity index (χ3n) is 6.10. The predicted octanol–water partition coefficient (Wildman–Crippen LogP) is 5.01. The third-order valence-corrected chi connectivity index (χ3v) is 7.54. The molecule has 0 spiro atoms. The summed E-state index contributed by atoms with van der Waals surface area (Å²) >= 11 is 0. The second kappa shape index (κ2) is 10.2. The van der Waals surface area contributed by atoms with Gasteiger partial charge in [-0.2, -0.15) is 5.26 Å². The summed E-state index contributed by atoms with van der Waals surface area (Å²) in [6.45, 7) is 4.22. The van der Waals surface area contributed by atoms with E-state index in [9.17, 15) is 18.5 Å². The first-order valence-electron chi connectivity index (χ1n) is 11.5. The number of carbonyl (C=O) groups is 1. The molecule has 0 fully saturated rings.